The molecule has 2 fully saturated rings. The number of likely N-dealkylation sites (tertiary alicyclic amines) is 2. The molecule has 5 nitrogen and oxygen atoms in total. The van der Waals surface area contributed by atoms with Gasteiger partial charge in [-0.2, -0.15) is 0 Å². The number of rotatable bonds is 6. The Morgan fingerprint density at radius 3 is 2.60 bits per heavy atom. The summed E-state index contributed by atoms with van der Waals surface area (Å²) in [4.78, 5) is 16.7. The molecule has 2 aliphatic rings. The molecule has 0 saturated carbocycles. The molecule has 138 valence electrons. The molecule has 25 heavy (non-hydrogen) atoms. The minimum absolute atomic E-state index is 0.0459. The smallest absolute Gasteiger partial charge is 0.236 e. The number of carbonyl (C=O) groups is 1. The van der Waals surface area contributed by atoms with Crippen LogP contribution in [-0.2, 0) is 16.0 Å². The maximum absolute atomic E-state index is 12.6. The van der Waals surface area contributed by atoms with E-state index in [-0.39, 0.29) is 24.7 Å². The van der Waals surface area contributed by atoms with Crippen LogP contribution in [-0.4, -0.2) is 72.9 Å². The van der Waals surface area contributed by atoms with E-state index in [2.05, 4.69) is 35.2 Å². The van der Waals surface area contributed by atoms with Crippen molar-refractivity contribution in [3.63, 3.8) is 0 Å². The monoisotopic (exact) mass is 346 g/mol. The SMILES string of the molecule is CO[C@H]1C[C@@H](CO)N(CC(=O)N2CCC(Cc3ccccc3)CC2)C1. The van der Waals surface area contributed by atoms with Crippen molar-refractivity contribution in [1.29, 1.82) is 0 Å². The van der Waals surface area contributed by atoms with Crippen molar-refractivity contribution in [1.82, 2.24) is 9.80 Å². The summed E-state index contributed by atoms with van der Waals surface area (Å²) in [7, 11) is 1.70. The molecular formula is C20H30N2O3. The summed E-state index contributed by atoms with van der Waals surface area (Å²) in [5.74, 6) is 0.856. The number of benzene rings is 1. The van der Waals surface area contributed by atoms with Gasteiger partial charge in [-0.1, -0.05) is 30.3 Å². The van der Waals surface area contributed by atoms with Crippen LogP contribution in [0, 0.1) is 5.92 Å². The second-order valence-electron chi connectivity index (χ2n) is 7.37. The van der Waals surface area contributed by atoms with E-state index < -0.39 is 0 Å². The Bertz CT molecular complexity index is 543. The topological polar surface area (TPSA) is 53.0 Å². The second-order valence-corrected chi connectivity index (χ2v) is 7.37. The second kappa shape index (κ2) is 8.79. The molecule has 0 bridgehead atoms. The molecule has 3 rings (SSSR count). The standard InChI is InChI=1S/C20H30N2O3/c1-25-19-12-18(15-23)22(13-19)14-20(24)21-9-7-17(8-10-21)11-16-5-3-2-4-6-16/h2-6,17-19,23H,7-15H2,1H3/t18-,19-/m0/s1. The Kier molecular flexibility index (Phi) is 6.45. The lowest BCUT2D eigenvalue weighted by atomic mass is 9.90. The van der Waals surface area contributed by atoms with Gasteiger partial charge in [0.05, 0.1) is 19.3 Å². The lowest BCUT2D eigenvalue weighted by molar-refractivity contribution is -0.134. The number of methoxy groups -OCH3 is 1. The zero-order valence-electron chi connectivity index (χ0n) is 15.1. The van der Waals surface area contributed by atoms with Crippen LogP contribution in [0.25, 0.3) is 0 Å². The fraction of sp³-hybridized carbons (Fsp3) is 0.650. The maximum Gasteiger partial charge on any atom is 0.236 e. The highest BCUT2D eigenvalue weighted by Gasteiger charge is 2.34. The van der Waals surface area contributed by atoms with Crippen LogP contribution in [0.1, 0.15) is 24.8 Å². The first-order valence-corrected chi connectivity index (χ1v) is 9.39. The first-order chi connectivity index (χ1) is 12.2. The largest absolute Gasteiger partial charge is 0.395 e. The Labute approximate surface area is 150 Å². The number of aliphatic hydroxyl groups excluding tert-OH is 1. The zero-order valence-corrected chi connectivity index (χ0v) is 15.1. The lowest BCUT2D eigenvalue weighted by Gasteiger charge is -2.34. The minimum Gasteiger partial charge on any atom is -0.395 e. The van der Waals surface area contributed by atoms with Crippen molar-refractivity contribution in [2.45, 2.75) is 37.8 Å². The zero-order chi connectivity index (χ0) is 17.6. The third-order valence-electron chi connectivity index (χ3n) is 5.71. The number of ether oxygens (including phenoxy) is 1. The van der Waals surface area contributed by atoms with Gasteiger partial charge in [0.1, 0.15) is 0 Å². The molecule has 0 aliphatic carbocycles. The fourth-order valence-corrected chi connectivity index (χ4v) is 4.10. The number of hydrogen-bond acceptors (Lipinski definition) is 4. The molecule has 2 heterocycles. The van der Waals surface area contributed by atoms with Gasteiger partial charge < -0.3 is 14.7 Å². The molecular weight excluding hydrogens is 316 g/mol. The summed E-state index contributed by atoms with van der Waals surface area (Å²) in [6, 6.07) is 10.7. The van der Waals surface area contributed by atoms with Gasteiger partial charge in [-0.3, -0.25) is 9.69 Å². The molecule has 0 spiro atoms. The first-order valence-electron chi connectivity index (χ1n) is 9.39. The molecule has 1 aromatic rings. The number of hydrogen-bond donors (Lipinski definition) is 1. The van der Waals surface area contributed by atoms with Crippen LogP contribution in [0.3, 0.4) is 0 Å². The average Bonchev–Trinajstić information content (AvgIpc) is 3.05. The molecule has 0 aromatic heterocycles. The highest BCUT2D eigenvalue weighted by molar-refractivity contribution is 5.78. The van der Waals surface area contributed by atoms with Gasteiger partial charge in [-0.15, -0.1) is 0 Å². The van der Waals surface area contributed by atoms with E-state index in [1.807, 2.05) is 4.90 Å². The van der Waals surface area contributed by atoms with Crippen LogP contribution < -0.4 is 0 Å². The van der Waals surface area contributed by atoms with Gasteiger partial charge in [-0.05, 0) is 37.2 Å². The highest BCUT2D eigenvalue weighted by atomic mass is 16.5. The third kappa shape index (κ3) is 4.81. The number of piperidine rings is 1. The van der Waals surface area contributed by atoms with Crippen LogP contribution in [0.2, 0.25) is 0 Å². The average molecular weight is 346 g/mol. The van der Waals surface area contributed by atoms with E-state index in [4.69, 9.17) is 4.74 Å². The number of carbonyl (C=O) groups excluding carboxylic acids is 1. The summed E-state index contributed by atoms with van der Waals surface area (Å²) in [5.41, 5.74) is 1.39. The van der Waals surface area contributed by atoms with E-state index in [0.717, 1.165) is 45.3 Å². The normalized spacial score (nSPS) is 25.4. The first kappa shape index (κ1) is 18.4. The summed E-state index contributed by atoms with van der Waals surface area (Å²) in [6.07, 6.45) is 4.19. The molecule has 2 aliphatic heterocycles. The Morgan fingerprint density at radius 2 is 1.96 bits per heavy atom. The molecule has 1 amide bonds. The van der Waals surface area contributed by atoms with Gasteiger partial charge in [0.25, 0.3) is 0 Å². The van der Waals surface area contributed by atoms with E-state index in [1.54, 1.807) is 7.11 Å². The Hall–Kier alpha value is -1.43. The van der Waals surface area contributed by atoms with Crippen LogP contribution in [0.5, 0.6) is 0 Å². The quantitative estimate of drug-likeness (QED) is 0.849. The minimum atomic E-state index is 0.0459. The molecule has 5 heteroatoms. The van der Waals surface area contributed by atoms with E-state index in [1.165, 1.54) is 5.56 Å². The number of aliphatic hydroxyl groups is 1. The van der Waals surface area contributed by atoms with E-state index >= 15 is 0 Å². The number of nitrogens with zero attached hydrogens (tertiary/aromatic N) is 2. The predicted octanol–water partition coefficient (Wildman–Crippen LogP) is 1.55. The molecule has 1 N–H and O–H groups in total. The maximum atomic E-state index is 12.6. The van der Waals surface area contributed by atoms with Gasteiger partial charge >= 0.3 is 0 Å². The third-order valence-corrected chi connectivity index (χ3v) is 5.71. The molecule has 2 saturated heterocycles. The molecule has 0 unspecified atom stereocenters. The van der Waals surface area contributed by atoms with Crippen molar-refractivity contribution in [2.75, 3.05) is 39.9 Å². The molecule has 1 aromatic carbocycles. The van der Waals surface area contributed by atoms with E-state index in [0.29, 0.717) is 12.5 Å². The summed E-state index contributed by atoms with van der Waals surface area (Å²) in [5, 5.41) is 9.53. The Morgan fingerprint density at radius 1 is 1.24 bits per heavy atom. The molecule has 0 radical (unpaired) electrons. The lowest BCUT2D eigenvalue weighted by Crippen LogP contribution is -2.46. The highest BCUT2D eigenvalue weighted by Crippen LogP contribution is 2.23. The predicted molar refractivity (Wildman–Crippen MR) is 97.3 cm³/mol. The van der Waals surface area contributed by atoms with Gasteiger partial charge in [0.15, 0.2) is 0 Å². The fourth-order valence-electron chi connectivity index (χ4n) is 4.10. The van der Waals surface area contributed by atoms with Crippen LogP contribution >= 0.6 is 0 Å². The summed E-state index contributed by atoms with van der Waals surface area (Å²) in [6.45, 7) is 2.92. The van der Waals surface area contributed by atoms with Crippen molar-refractivity contribution >= 4 is 5.91 Å². The Balaban J connectivity index is 1.45. The van der Waals surface area contributed by atoms with Gasteiger partial charge in [0.2, 0.25) is 5.91 Å². The van der Waals surface area contributed by atoms with E-state index in [9.17, 15) is 9.90 Å². The molecule has 2 atom stereocenters. The van der Waals surface area contributed by atoms with Crippen molar-refractivity contribution in [3.8, 4) is 0 Å². The summed E-state index contributed by atoms with van der Waals surface area (Å²) >= 11 is 0. The van der Waals surface area contributed by atoms with Crippen molar-refractivity contribution in [2.24, 2.45) is 5.92 Å². The van der Waals surface area contributed by atoms with Crippen molar-refractivity contribution in [3.05, 3.63) is 35.9 Å². The van der Waals surface area contributed by atoms with Gasteiger partial charge in [0, 0.05) is 32.8 Å². The van der Waals surface area contributed by atoms with Crippen LogP contribution in [0.15, 0.2) is 30.3 Å². The van der Waals surface area contributed by atoms with Crippen LogP contribution in [0.4, 0.5) is 0 Å². The number of amides is 1. The van der Waals surface area contributed by atoms with Crippen molar-refractivity contribution < 1.29 is 14.6 Å². The van der Waals surface area contributed by atoms with Gasteiger partial charge in [-0.25, -0.2) is 0 Å². The summed E-state index contributed by atoms with van der Waals surface area (Å²) < 4.78 is 5.39.